The molecule has 0 unspecified atom stereocenters. The van der Waals surface area contributed by atoms with Crippen molar-refractivity contribution in [3.8, 4) is 34.1 Å². The Morgan fingerprint density at radius 2 is 1.83 bits per heavy atom. The number of phenols is 1. The number of nitrogens with one attached hydrogen (secondary N) is 2. The van der Waals surface area contributed by atoms with E-state index < -0.39 is 11.7 Å². The van der Waals surface area contributed by atoms with Crippen LogP contribution in [0.25, 0.3) is 33.7 Å². The molecule has 0 spiro atoms. The van der Waals surface area contributed by atoms with Crippen molar-refractivity contribution < 1.29 is 19.7 Å². The molecule has 0 bridgehead atoms. The van der Waals surface area contributed by atoms with Gasteiger partial charge in [-0.25, -0.2) is 14.9 Å². The first-order chi connectivity index (χ1) is 13.8. The number of benzene rings is 2. The van der Waals surface area contributed by atoms with Crippen molar-refractivity contribution >= 4 is 17.2 Å². The summed E-state index contributed by atoms with van der Waals surface area (Å²) in [4.78, 5) is 30.5. The second kappa shape index (κ2) is 6.79. The van der Waals surface area contributed by atoms with Crippen LogP contribution in [-0.4, -0.2) is 36.5 Å². The van der Waals surface area contributed by atoms with Crippen molar-refractivity contribution in [2.45, 2.75) is 13.8 Å². The minimum absolute atomic E-state index is 0.138. The van der Waals surface area contributed by atoms with Crippen LogP contribution in [0.3, 0.4) is 0 Å². The first-order valence-corrected chi connectivity index (χ1v) is 8.63. The number of ether oxygens (including phenoxy) is 1. The quantitative estimate of drug-likeness (QED) is 0.309. The minimum atomic E-state index is -1.42. The normalized spacial score (nSPS) is 11.0. The van der Waals surface area contributed by atoms with E-state index in [-0.39, 0.29) is 17.1 Å². The molecule has 0 radical (unpaired) electrons. The van der Waals surface area contributed by atoms with Crippen LogP contribution in [-0.2, 0) is 0 Å². The molecule has 9 nitrogen and oxygen atoms in total. The minimum Gasteiger partial charge on any atom is -0.507 e. The average Bonchev–Trinajstić information content (AvgIpc) is 3.08. The van der Waals surface area contributed by atoms with Gasteiger partial charge in [0.1, 0.15) is 17.3 Å². The monoisotopic (exact) mass is 392 g/mol. The van der Waals surface area contributed by atoms with Gasteiger partial charge in [0, 0.05) is 11.6 Å². The number of aromatic amines is 2. The number of aryl methyl sites for hydroxylation is 2. The maximum atomic E-state index is 12.4. The molecule has 2 heterocycles. The number of hydrogen-bond acceptors (Lipinski definition) is 6. The lowest BCUT2D eigenvalue weighted by Gasteiger charge is -2.08. The van der Waals surface area contributed by atoms with Crippen LogP contribution in [0, 0.1) is 13.8 Å². The molecule has 0 aliphatic carbocycles. The van der Waals surface area contributed by atoms with Gasteiger partial charge in [-0.3, -0.25) is 4.79 Å². The molecule has 0 amide bonds. The highest BCUT2D eigenvalue weighted by molar-refractivity contribution is 5.82. The predicted molar refractivity (Wildman–Crippen MR) is 105 cm³/mol. The van der Waals surface area contributed by atoms with E-state index in [9.17, 15) is 14.7 Å². The fourth-order valence-corrected chi connectivity index (χ4v) is 3.11. The molecule has 2 aromatic carbocycles. The van der Waals surface area contributed by atoms with Crippen molar-refractivity contribution in [3.05, 3.63) is 57.9 Å². The van der Waals surface area contributed by atoms with Crippen molar-refractivity contribution in [2.24, 2.45) is 0 Å². The summed E-state index contributed by atoms with van der Waals surface area (Å²) in [5.41, 5.74) is 3.56. The lowest BCUT2D eigenvalue weighted by atomic mass is 10.0. The summed E-state index contributed by atoms with van der Waals surface area (Å²) in [7, 11) is 0. The fourth-order valence-electron chi connectivity index (χ4n) is 3.11. The van der Waals surface area contributed by atoms with Crippen molar-refractivity contribution in [1.82, 2.24) is 20.2 Å². The molecule has 29 heavy (non-hydrogen) atoms. The second-order valence-electron chi connectivity index (χ2n) is 6.59. The van der Waals surface area contributed by atoms with Crippen molar-refractivity contribution in [3.63, 3.8) is 0 Å². The van der Waals surface area contributed by atoms with Crippen LogP contribution in [0.5, 0.6) is 11.5 Å². The van der Waals surface area contributed by atoms with E-state index in [0.717, 1.165) is 5.56 Å². The Bertz CT molecular complexity index is 1300. The summed E-state index contributed by atoms with van der Waals surface area (Å²) in [5, 5.41) is 25.3. The van der Waals surface area contributed by atoms with E-state index >= 15 is 0 Å². The Labute approximate surface area is 163 Å². The van der Waals surface area contributed by atoms with Crippen LogP contribution >= 0.6 is 0 Å². The summed E-state index contributed by atoms with van der Waals surface area (Å²) >= 11 is 0. The zero-order valence-corrected chi connectivity index (χ0v) is 15.5. The molecule has 0 saturated heterocycles. The largest absolute Gasteiger partial charge is 0.511 e. The maximum absolute atomic E-state index is 12.4. The topological polar surface area (TPSA) is 141 Å². The number of aromatic nitrogens is 4. The summed E-state index contributed by atoms with van der Waals surface area (Å²) < 4.78 is 4.64. The first kappa shape index (κ1) is 18.2. The summed E-state index contributed by atoms with van der Waals surface area (Å²) in [6, 6.07) is 9.73. The van der Waals surface area contributed by atoms with E-state index in [1.807, 2.05) is 0 Å². The third-order valence-electron chi connectivity index (χ3n) is 4.50. The number of hydrogen-bond donors (Lipinski definition) is 4. The maximum Gasteiger partial charge on any atom is 0.511 e. The third kappa shape index (κ3) is 3.41. The van der Waals surface area contributed by atoms with E-state index in [1.165, 1.54) is 12.1 Å². The van der Waals surface area contributed by atoms with Gasteiger partial charge in [0.2, 0.25) is 0 Å². The number of rotatable bonds is 3. The molecule has 4 N–H and O–H groups in total. The van der Waals surface area contributed by atoms with Gasteiger partial charge in [-0.15, -0.1) is 0 Å². The van der Waals surface area contributed by atoms with Crippen LogP contribution in [0.2, 0.25) is 0 Å². The first-order valence-electron chi connectivity index (χ1n) is 8.63. The Kier molecular flexibility index (Phi) is 4.27. The van der Waals surface area contributed by atoms with E-state index in [0.29, 0.717) is 33.7 Å². The predicted octanol–water partition coefficient (Wildman–Crippen LogP) is 3.36. The van der Waals surface area contributed by atoms with Crippen LogP contribution < -0.4 is 10.3 Å². The summed E-state index contributed by atoms with van der Waals surface area (Å²) in [5.74, 6) is 0.666. The zero-order valence-electron chi connectivity index (χ0n) is 15.5. The molecular weight excluding hydrogens is 376 g/mol. The number of imidazole rings is 1. The van der Waals surface area contributed by atoms with E-state index in [2.05, 4.69) is 24.9 Å². The third-order valence-corrected chi connectivity index (χ3v) is 4.50. The Morgan fingerprint density at radius 1 is 1.10 bits per heavy atom. The Balaban J connectivity index is 1.80. The van der Waals surface area contributed by atoms with Gasteiger partial charge in [0.05, 0.1) is 22.3 Å². The summed E-state index contributed by atoms with van der Waals surface area (Å²) in [6.07, 6.45) is -1.42. The SMILES string of the molecule is Cc1cc(-c2cc(-c3nc4ccc(OC(=O)O)cc4[nH]3)c(=O)[nH]n2)cc(C)c1O. The van der Waals surface area contributed by atoms with Crippen LogP contribution in [0.1, 0.15) is 11.1 Å². The number of aromatic hydroxyl groups is 1. The van der Waals surface area contributed by atoms with Gasteiger partial charge in [-0.2, -0.15) is 5.10 Å². The number of phenolic OH excluding ortho intramolecular Hbond substituents is 1. The number of fused-ring (bicyclic) bond motifs is 1. The van der Waals surface area contributed by atoms with Gasteiger partial charge in [-0.1, -0.05) is 0 Å². The van der Waals surface area contributed by atoms with E-state index in [1.54, 1.807) is 38.1 Å². The molecule has 9 heteroatoms. The second-order valence-corrected chi connectivity index (χ2v) is 6.59. The van der Waals surface area contributed by atoms with Crippen molar-refractivity contribution in [1.29, 1.82) is 0 Å². The fraction of sp³-hybridized carbons (Fsp3) is 0.100. The standard InChI is InChI=1S/C20H16N4O5/c1-9-5-11(6-10(2)17(9)25)15-8-13(19(26)24-23-15)18-21-14-4-3-12(29-20(27)28)7-16(14)22-18/h3-8,25H,1-2H3,(H,21,22)(H,24,26)(H,27,28). The molecule has 0 saturated carbocycles. The highest BCUT2D eigenvalue weighted by atomic mass is 16.7. The van der Waals surface area contributed by atoms with Gasteiger partial charge < -0.3 is 19.9 Å². The molecule has 4 rings (SSSR count). The molecule has 0 aliphatic heterocycles. The van der Waals surface area contributed by atoms with Gasteiger partial charge >= 0.3 is 6.16 Å². The Morgan fingerprint density at radius 3 is 2.52 bits per heavy atom. The molecule has 0 atom stereocenters. The van der Waals surface area contributed by atoms with Gasteiger partial charge in [0.15, 0.2) is 0 Å². The lowest BCUT2D eigenvalue weighted by molar-refractivity contribution is 0.144. The molecular formula is C20H16N4O5. The molecule has 0 fully saturated rings. The molecule has 0 aliphatic rings. The molecule has 4 aromatic rings. The average molecular weight is 392 g/mol. The molecule has 2 aromatic heterocycles. The smallest absolute Gasteiger partial charge is 0.507 e. The van der Waals surface area contributed by atoms with E-state index in [4.69, 9.17) is 5.11 Å². The summed E-state index contributed by atoms with van der Waals surface area (Å²) in [6.45, 7) is 3.57. The lowest BCUT2D eigenvalue weighted by Crippen LogP contribution is -2.12. The molecule has 146 valence electrons. The number of nitrogens with zero attached hydrogens (tertiary/aromatic N) is 2. The van der Waals surface area contributed by atoms with Crippen LogP contribution in [0.15, 0.2) is 41.2 Å². The highest BCUT2D eigenvalue weighted by Crippen LogP contribution is 2.29. The Hall–Kier alpha value is -4.14. The van der Waals surface area contributed by atoms with Crippen molar-refractivity contribution in [2.75, 3.05) is 0 Å². The number of carbonyl (C=O) groups is 1. The van der Waals surface area contributed by atoms with Crippen LogP contribution in [0.4, 0.5) is 4.79 Å². The number of carboxylic acid groups (broad SMARTS) is 1. The zero-order chi connectivity index (χ0) is 20.7. The van der Waals surface area contributed by atoms with Gasteiger partial charge in [0.25, 0.3) is 5.56 Å². The van der Waals surface area contributed by atoms with Gasteiger partial charge in [-0.05, 0) is 55.3 Å². The number of H-pyrrole nitrogens is 2. The highest BCUT2D eigenvalue weighted by Gasteiger charge is 2.14.